The summed E-state index contributed by atoms with van der Waals surface area (Å²) in [5.41, 5.74) is 5.08. The van der Waals surface area contributed by atoms with E-state index in [-0.39, 0.29) is 0 Å². The number of rotatable bonds is 1. The first-order valence-corrected chi connectivity index (χ1v) is 7.00. The standard InChI is InChI=1S/C17H17NO/c1-11-9-10-15-17(16(11)12-5-4-6-12)18-13-7-2-3-8-14(13)19-15/h2-3,7-10,12,18H,4-6H2,1H3. The first-order chi connectivity index (χ1) is 9.33. The van der Waals surface area contributed by atoms with Gasteiger partial charge >= 0.3 is 0 Å². The molecule has 4 rings (SSSR count). The van der Waals surface area contributed by atoms with Crippen molar-refractivity contribution in [2.24, 2.45) is 0 Å². The molecule has 0 amide bonds. The maximum Gasteiger partial charge on any atom is 0.151 e. The van der Waals surface area contributed by atoms with Crippen molar-refractivity contribution in [3.05, 3.63) is 47.5 Å². The number of hydrogen-bond acceptors (Lipinski definition) is 2. The van der Waals surface area contributed by atoms with Gasteiger partial charge in [0.05, 0.1) is 11.4 Å². The third-order valence-corrected chi connectivity index (χ3v) is 4.31. The van der Waals surface area contributed by atoms with Crippen LogP contribution in [0, 0.1) is 6.92 Å². The van der Waals surface area contributed by atoms with Crippen molar-refractivity contribution in [3.63, 3.8) is 0 Å². The van der Waals surface area contributed by atoms with Gasteiger partial charge in [-0.25, -0.2) is 0 Å². The predicted octanol–water partition coefficient (Wildman–Crippen LogP) is 5.11. The topological polar surface area (TPSA) is 21.3 Å². The van der Waals surface area contributed by atoms with E-state index in [0.717, 1.165) is 17.2 Å². The molecule has 1 saturated carbocycles. The Hall–Kier alpha value is -1.96. The molecule has 0 spiro atoms. The molecule has 1 aliphatic heterocycles. The summed E-state index contributed by atoms with van der Waals surface area (Å²) < 4.78 is 6.03. The van der Waals surface area contributed by atoms with Crippen LogP contribution in [0.15, 0.2) is 36.4 Å². The van der Waals surface area contributed by atoms with Crippen LogP contribution in [0.5, 0.6) is 11.5 Å². The Morgan fingerprint density at radius 1 is 1.05 bits per heavy atom. The van der Waals surface area contributed by atoms with Crippen LogP contribution < -0.4 is 10.1 Å². The molecular formula is C17H17NO. The Balaban J connectivity index is 1.84. The lowest BCUT2D eigenvalue weighted by molar-refractivity contribution is 0.415. The monoisotopic (exact) mass is 251 g/mol. The van der Waals surface area contributed by atoms with E-state index in [1.165, 1.54) is 36.1 Å². The highest BCUT2D eigenvalue weighted by Crippen LogP contribution is 2.50. The van der Waals surface area contributed by atoms with Crippen molar-refractivity contribution in [1.82, 2.24) is 0 Å². The first-order valence-electron chi connectivity index (χ1n) is 7.00. The Morgan fingerprint density at radius 2 is 1.89 bits per heavy atom. The van der Waals surface area contributed by atoms with Gasteiger partial charge in [-0.3, -0.25) is 0 Å². The molecule has 2 heteroatoms. The lowest BCUT2D eigenvalue weighted by Gasteiger charge is -2.32. The summed E-state index contributed by atoms with van der Waals surface area (Å²) in [7, 11) is 0. The van der Waals surface area contributed by atoms with Gasteiger partial charge in [0.15, 0.2) is 11.5 Å². The number of ether oxygens (including phenoxy) is 1. The molecule has 0 bridgehead atoms. The van der Waals surface area contributed by atoms with Crippen molar-refractivity contribution >= 4 is 11.4 Å². The highest BCUT2D eigenvalue weighted by molar-refractivity contribution is 5.79. The highest BCUT2D eigenvalue weighted by atomic mass is 16.5. The van der Waals surface area contributed by atoms with Crippen LogP contribution in [0.2, 0.25) is 0 Å². The number of anilines is 2. The van der Waals surface area contributed by atoms with Gasteiger partial charge in [-0.2, -0.15) is 0 Å². The number of benzene rings is 2. The summed E-state index contributed by atoms with van der Waals surface area (Å²) in [5, 5.41) is 3.57. The average Bonchev–Trinajstić information content (AvgIpc) is 2.38. The van der Waals surface area contributed by atoms with Gasteiger partial charge in [-0.05, 0) is 55.0 Å². The quantitative estimate of drug-likeness (QED) is 0.648. The number of nitrogens with one attached hydrogen (secondary N) is 1. The van der Waals surface area contributed by atoms with Gasteiger partial charge in [0, 0.05) is 0 Å². The van der Waals surface area contributed by atoms with Crippen LogP contribution in [-0.4, -0.2) is 0 Å². The summed E-state index contributed by atoms with van der Waals surface area (Å²) in [6.45, 7) is 2.20. The number of fused-ring (bicyclic) bond motifs is 2. The van der Waals surface area contributed by atoms with E-state index in [1.807, 2.05) is 18.2 Å². The maximum atomic E-state index is 6.03. The minimum Gasteiger partial charge on any atom is -0.453 e. The van der Waals surface area contributed by atoms with Crippen molar-refractivity contribution < 1.29 is 4.74 Å². The number of hydrogen-bond donors (Lipinski definition) is 1. The molecular weight excluding hydrogens is 234 g/mol. The van der Waals surface area contributed by atoms with Gasteiger partial charge in [-0.1, -0.05) is 24.6 Å². The second-order valence-electron chi connectivity index (χ2n) is 5.52. The van der Waals surface area contributed by atoms with Crippen molar-refractivity contribution in [2.45, 2.75) is 32.1 Å². The molecule has 0 atom stereocenters. The van der Waals surface area contributed by atoms with E-state index in [2.05, 4.69) is 30.4 Å². The molecule has 96 valence electrons. The van der Waals surface area contributed by atoms with E-state index < -0.39 is 0 Å². The maximum absolute atomic E-state index is 6.03. The van der Waals surface area contributed by atoms with Crippen molar-refractivity contribution in [1.29, 1.82) is 0 Å². The summed E-state index contributed by atoms with van der Waals surface area (Å²) in [4.78, 5) is 0. The molecule has 0 radical (unpaired) electrons. The lowest BCUT2D eigenvalue weighted by atomic mass is 9.77. The predicted molar refractivity (Wildman–Crippen MR) is 77.6 cm³/mol. The molecule has 1 fully saturated rings. The summed E-state index contributed by atoms with van der Waals surface area (Å²) >= 11 is 0. The van der Waals surface area contributed by atoms with E-state index in [1.54, 1.807) is 0 Å². The molecule has 1 heterocycles. The average molecular weight is 251 g/mol. The second-order valence-corrected chi connectivity index (χ2v) is 5.52. The third kappa shape index (κ3) is 1.63. The van der Waals surface area contributed by atoms with Gasteiger partial charge in [0.2, 0.25) is 0 Å². The molecule has 19 heavy (non-hydrogen) atoms. The van der Waals surface area contributed by atoms with E-state index in [9.17, 15) is 0 Å². The molecule has 2 aromatic carbocycles. The third-order valence-electron chi connectivity index (χ3n) is 4.31. The molecule has 1 N–H and O–H groups in total. The van der Waals surface area contributed by atoms with Crippen LogP contribution in [0.1, 0.15) is 36.3 Å². The molecule has 2 aliphatic rings. The Kier molecular flexibility index (Phi) is 2.31. The van der Waals surface area contributed by atoms with E-state index in [0.29, 0.717) is 5.92 Å². The Bertz CT molecular complexity index is 644. The van der Waals surface area contributed by atoms with Crippen LogP contribution >= 0.6 is 0 Å². The fourth-order valence-electron chi connectivity index (χ4n) is 3.05. The molecule has 0 aromatic heterocycles. The minimum absolute atomic E-state index is 0.705. The van der Waals surface area contributed by atoms with Crippen LogP contribution in [0.4, 0.5) is 11.4 Å². The second kappa shape index (κ2) is 4.02. The smallest absolute Gasteiger partial charge is 0.151 e. The fourth-order valence-corrected chi connectivity index (χ4v) is 3.05. The van der Waals surface area contributed by atoms with Gasteiger partial charge in [0.1, 0.15) is 0 Å². The zero-order valence-corrected chi connectivity index (χ0v) is 11.1. The van der Waals surface area contributed by atoms with Crippen molar-refractivity contribution in [2.75, 3.05) is 5.32 Å². The first kappa shape index (κ1) is 10.9. The molecule has 2 aromatic rings. The zero-order chi connectivity index (χ0) is 12.8. The van der Waals surface area contributed by atoms with E-state index >= 15 is 0 Å². The van der Waals surface area contributed by atoms with Crippen LogP contribution in [0.25, 0.3) is 0 Å². The molecule has 0 unspecified atom stereocenters. The minimum atomic E-state index is 0.705. The number of aryl methyl sites for hydroxylation is 1. The van der Waals surface area contributed by atoms with Gasteiger partial charge in [0.25, 0.3) is 0 Å². The number of para-hydroxylation sites is 2. The summed E-state index contributed by atoms with van der Waals surface area (Å²) in [5.74, 6) is 2.58. The Morgan fingerprint density at radius 3 is 2.68 bits per heavy atom. The SMILES string of the molecule is Cc1ccc2c(c1C1CCC1)Nc1ccccc1O2. The molecule has 2 nitrogen and oxygen atoms in total. The zero-order valence-electron chi connectivity index (χ0n) is 11.1. The van der Waals surface area contributed by atoms with Crippen LogP contribution in [-0.2, 0) is 0 Å². The molecule has 1 aliphatic carbocycles. The van der Waals surface area contributed by atoms with Gasteiger partial charge in [-0.15, -0.1) is 0 Å². The Labute approximate surface area is 113 Å². The van der Waals surface area contributed by atoms with Crippen LogP contribution in [0.3, 0.4) is 0 Å². The normalized spacial score (nSPS) is 16.7. The summed E-state index contributed by atoms with van der Waals surface area (Å²) in [6, 6.07) is 12.4. The highest BCUT2D eigenvalue weighted by Gasteiger charge is 2.28. The lowest BCUT2D eigenvalue weighted by Crippen LogP contribution is -2.14. The molecule has 0 saturated heterocycles. The van der Waals surface area contributed by atoms with Crippen molar-refractivity contribution in [3.8, 4) is 11.5 Å². The largest absolute Gasteiger partial charge is 0.453 e. The van der Waals surface area contributed by atoms with Gasteiger partial charge < -0.3 is 10.1 Å². The van der Waals surface area contributed by atoms with E-state index in [4.69, 9.17) is 4.74 Å². The summed E-state index contributed by atoms with van der Waals surface area (Å²) in [6.07, 6.45) is 3.96. The fraction of sp³-hybridized carbons (Fsp3) is 0.294.